The first-order chi connectivity index (χ1) is 8.52. The van der Waals surface area contributed by atoms with Crippen LogP contribution < -0.4 is 4.90 Å². The summed E-state index contributed by atoms with van der Waals surface area (Å²) >= 11 is 0. The molecule has 0 aliphatic carbocycles. The molecule has 0 amide bonds. The summed E-state index contributed by atoms with van der Waals surface area (Å²) < 4.78 is 24.2. The molecule has 1 aromatic rings. The largest absolute Gasteiger partial charge is 0.367 e. The molecule has 0 saturated carbocycles. The molecule has 1 aromatic heterocycles. The molecule has 0 radical (unpaired) electrons. The lowest BCUT2D eigenvalue weighted by Crippen LogP contribution is -2.48. The van der Waals surface area contributed by atoms with Crippen LogP contribution in [0.1, 0.15) is 5.56 Å². The molecule has 1 saturated heterocycles. The quantitative estimate of drug-likeness (QED) is 0.755. The Morgan fingerprint density at radius 1 is 1.33 bits per heavy atom. The number of pyridine rings is 1. The Morgan fingerprint density at radius 2 is 2.00 bits per heavy atom. The van der Waals surface area contributed by atoms with Gasteiger partial charge >= 0.3 is 0 Å². The minimum Gasteiger partial charge on any atom is -0.367 e. The van der Waals surface area contributed by atoms with Gasteiger partial charge in [0.1, 0.15) is 6.07 Å². The van der Waals surface area contributed by atoms with Crippen LogP contribution in [0.5, 0.6) is 0 Å². The molecule has 0 atom stereocenters. The molecule has 2 heterocycles. The van der Waals surface area contributed by atoms with Crippen LogP contribution in [-0.4, -0.2) is 50.1 Å². The number of hydrogen-bond donors (Lipinski definition) is 0. The summed E-state index contributed by atoms with van der Waals surface area (Å²) in [6, 6.07) is 3.79. The van der Waals surface area contributed by atoms with Gasteiger partial charge in [-0.2, -0.15) is 9.57 Å². The van der Waals surface area contributed by atoms with Crippen LogP contribution in [0.2, 0.25) is 0 Å². The number of hydrogen-bond acceptors (Lipinski definition) is 5. The SMILES string of the molecule is CS(=O)(=O)N1CCN(c2cnccc2C#N)CC1. The van der Waals surface area contributed by atoms with E-state index in [4.69, 9.17) is 5.26 Å². The Balaban J connectivity index is 2.13. The van der Waals surface area contributed by atoms with E-state index in [1.165, 1.54) is 10.6 Å². The van der Waals surface area contributed by atoms with E-state index in [2.05, 4.69) is 11.1 Å². The summed E-state index contributed by atoms with van der Waals surface area (Å²) in [4.78, 5) is 6.00. The van der Waals surface area contributed by atoms with E-state index in [9.17, 15) is 8.42 Å². The first kappa shape index (κ1) is 12.8. The molecule has 0 bridgehead atoms. The molecule has 1 aliphatic heterocycles. The molecular formula is C11H14N4O2S. The average Bonchev–Trinajstić information content (AvgIpc) is 2.38. The van der Waals surface area contributed by atoms with Crippen molar-refractivity contribution in [3.63, 3.8) is 0 Å². The Morgan fingerprint density at radius 3 is 2.56 bits per heavy atom. The first-order valence-electron chi connectivity index (χ1n) is 5.56. The standard InChI is InChI=1S/C11H14N4O2S/c1-18(16,17)15-6-4-14(5-7-15)11-9-13-3-2-10(11)8-12/h2-3,9H,4-7H2,1H3. The summed E-state index contributed by atoms with van der Waals surface area (Å²) in [5, 5.41) is 9.02. The second-order valence-electron chi connectivity index (χ2n) is 4.15. The van der Waals surface area contributed by atoms with Crippen LogP contribution in [-0.2, 0) is 10.0 Å². The van der Waals surface area contributed by atoms with Crippen LogP contribution in [0.15, 0.2) is 18.5 Å². The van der Waals surface area contributed by atoms with Gasteiger partial charge < -0.3 is 4.90 Å². The molecule has 96 valence electrons. The van der Waals surface area contributed by atoms with E-state index in [1.54, 1.807) is 18.5 Å². The maximum absolute atomic E-state index is 11.4. The van der Waals surface area contributed by atoms with E-state index in [0.717, 1.165) is 5.69 Å². The Bertz CT molecular complexity index is 571. The van der Waals surface area contributed by atoms with Crippen LogP contribution in [0.3, 0.4) is 0 Å². The first-order valence-corrected chi connectivity index (χ1v) is 7.41. The minimum absolute atomic E-state index is 0.443. The third kappa shape index (κ3) is 2.60. The van der Waals surface area contributed by atoms with Gasteiger partial charge in [0.05, 0.1) is 23.7 Å². The van der Waals surface area contributed by atoms with Crippen molar-refractivity contribution in [2.45, 2.75) is 0 Å². The highest BCUT2D eigenvalue weighted by atomic mass is 32.2. The van der Waals surface area contributed by atoms with Gasteiger partial charge in [0.25, 0.3) is 0 Å². The highest BCUT2D eigenvalue weighted by Crippen LogP contribution is 2.20. The van der Waals surface area contributed by atoms with Crippen LogP contribution >= 0.6 is 0 Å². The number of aromatic nitrogens is 1. The van der Waals surface area contributed by atoms with Crippen molar-refractivity contribution in [3.8, 4) is 6.07 Å². The molecule has 0 N–H and O–H groups in total. The molecule has 7 heteroatoms. The second-order valence-corrected chi connectivity index (χ2v) is 6.14. The number of anilines is 1. The van der Waals surface area contributed by atoms with E-state index >= 15 is 0 Å². The van der Waals surface area contributed by atoms with Gasteiger partial charge in [0.2, 0.25) is 10.0 Å². The predicted molar refractivity (Wildman–Crippen MR) is 67.6 cm³/mol. The zero-order valence-corrected chi connectivity index (χ0v) is 10.9. The van der Waals surface area contributed by atoms with Crippen molar-refractivity contribution in [2.75, 3.05) is 37.3 Å². The summed E-state index contributed by atoms with van der Waals surface area (Å²) in [7, 11) is -3.12. The molecule has 1 fully saturated rings. The molecule has 0 aromatic carbocycles. The topological polar surface area (TPSA) is 77.3 Å². The maximum atomic E-state index is 11.4. The zero-order chi connectivity index (χ0) is 13.2. The number of nitrogens with zero attached hydrogens (tertiary/aromatic N) is 4. The molecular weight excluding hydrogens is 252 g/mol. The normalized spacial score (nSPS) is 17.4. The van der Waals surface area contributed by atoms with E-state index < -0.39 is 10.0 Å². The van der Waals surface area contributed by atoms with Crippen LogP contribution in [0.4, 0.5) is 5.69 Å². The van der Waals surface area contributed by atoms with E-state index in [-0.39, 0.29) is 0 Å². The van der Waals surface area contributed by atoms with Gasteiger partial charge in [-0.3, -0.25) is 4.98 Å². The highest BCUT2D eigenvalue weighted by molar-refractivity contribution is 7.88. The molecule has 2 rings (SSSR count). The Kier molecular flexibility index (Phi) is 3.50. The Labute approximate surface area is 107 Å². The molecule has 1 aliphatic rings. The number of piperazine rings is 1. The predicted octanol–water partition coefficient (Wildman–Crippen LogP) is 0.0349. The van der Waals surface area contributed by atoms with E-state index in [1.807, 2.05) is 4.90 Å². The van der Waals surface area contributed by atoms with Crippen LogP contribution in [0, 0.1) is 11.3 Å². The van der Waals surface area contributed by atoms with Crippen molar-refractivity contribution >= 4 is 15.7 Å². The molecule has 18 heavy (non-hydrogen) atoms. The van der Waals surface area contributed by atoms with E-state index in [0.29, 0.717) is 31.7 Å². The zero-order valence-electron chi connectivity index (χ0n) is 10.1. The second kappa shape index (κ2) is 4.92. The van der Waals surface area contributed by atoms with Gasteiger partial charge in [-0.1, -0.05) is 0 Å². The van der Waals surface area contributed by atoms with Gasteiger partial charge in [-0.05, 0) is 6.07 Å². The average molecular weight is 266 g/mol. The highest BCUT2D eigenvalue weighted by Gasteiger charge is 2.24. The fourth-order valence-corrected chi connectivity index (χ4v) is 2.82. The van der Waals surface area contributed by atoms with Gasteiger partial charge in [-0.15, -0.1) is 0 Å². The number of rotatable bonds is 2. The number of nitriles is 1. The Hall–Kier alpha value is -1.65. The number of sulfonamides is 1. The molecule has 0 spiro atoms. The molecule has 0 unspecified atom stereocenters. The summed E-state index contributed by atoms with van der Waals surface area (Å²) in [6.07, 6.45) is 4.44. The van der Waals surface area contributed by atoms with Crippen LogP contribution in [0.25, 0.3) is 0 Å². The monoisotopic (exact) mass is 266 g/mol. The van der Waals surface area contributed by atoms with Crippen molar-refractivity contribution in [1.29, 1.82) is 5.26 Å². The summed E-state index contributed by atoms with van der Waals surface area (Å²) in [5.74, 6) is 0. The third-order valence-electron chi connectivity index (χ3n) is 2.97. The minimum atomic E-state index is -3.12. The summed E-state index contributed by atoms with van der Waals surface area (Å²) in [6.45, 7) is 2.04. The van der Waals surface area contributed by atoms with Crippen molar-refractivity contribution < 1.29 is 8.42 Å². The lowest BCUT2D eigenvalue weighted by Gasteiger charge is -2.34. The summed E-state index contributed by atoms with van der Waals surface area (Å²) in [5.41, 5.74) is 1.34. The maximum Gasteiger partial charge on any atom is 0.211 e. The van der Waals surface area contributed by atoms with Gasteiger partial charge in [-0.25, -0.2) is 8.42 Å². The smallest absolute Gasteiger partial charge is 0.211 e. The lowest BCUT2D eigenvalue weighted by atomic mass is 10.2. The van der Waals surface area contributed by atoms with Crippen molar-refractivity contribution in [2.24, 2.45) is 0 Å². The van der Waals surface area contributed by atoms with Gasteiger partial charge in [0.15, 0.2) is 0 Å². The van der Waals surface area contributed by atoms with Crippen molar-refractivity contribution in [1.82, 2.24) is 9.29 Å². The lowest BCUT2D eigenvalue weighted by molar-refractivity contribution is 0.388. The fourth-order valence-electron chi connectivity index (χ4n) is 1.99. The van der Waals surface area contributed by atoms with Crippen molar-refractivity contribution in [3.05, 3.63) is 24.0 Å². The van der Waals surface area contributed by atoms with Gasteiger partial charge in [0, 0.05) is 32.4 Å². The third-order valence-corrected chi connectivity index (χ3v) is 4.27. The molecule has 6 nitrogen and oxygen atoms in total. The fraction of sp³-hybridized carbons (Fsp3) is 0.455.